The molecule has 0 aliphatic carbocycles. The van der Waals surface area contributed by atoms with Gasteiger partial charge in [0.2, 0.25) is 10.4 Å². The number of benzene rings is 3. The zero-order chi connectivity index (χ0) is 31.3. The largest absolute Gasteiger partial charge is 0.724 e. The Morgan fingerprint density at radius 1 is 0.909 bits per heavy atom. The molecule has 0 spiro atoms. The monoisotopic (exact) mass is 630 g/mol. The highest BCUT2D eigenvalue weighted by molar-refractivity contribution is 7.98. The van der Waals surface area contributed by atoms with Crippen molar-refractivity contribution in [3.63, 3.8) is 0 Å². The van der Waals surface area contributed by atoms with E-state index in [1.807, 2.05) is 0 Å². The normalized spacial score (nSPS) is 16.5. The molecule has 0 N–H and O–H groups in total. The molecule has 0 radical (unpaired) electrons. The summed E-state index contributed by atoms with van der Waals surface area (Å²) in [6.07, 6.45) is 5.19. The van der Waals surface area contributed by atoms with Crippen LogP contribution in [0.1, 0.15) is 12.6 Å². The van der Waals surface area contributed by atoms with E-state index in [0.29, 0.717) is 16.3 Å². The molecule has 1 atom stereocenters. The number of hydroxylamine groups is 2. The molecule has 3 aromatic carbocycles. The molecule has 6 rings (SSSR count). The van der Waals surface area contributed by atoms with Crippen LogP contribution in [0.25, 0.3) is 5.57 Å². The van der Waals surface area contributed by atoms with Gasteiger partial charge in [-0.15, -0.1) is 0 Å². The highest BCUT2D eigenvalue weighted by Crippen LogP contribution is 2.56. The van der Waals surface area contributed by atoms with Gasteiger partial charge in [0.25, 0.3) is 5.56 Å². The summed E-state index contributed by atoms with van der Waals surface area (Å²) in [4.78, 5) is 28.4. The van der Waals surface area contributed by atoms with E-state index in [1.54, 1.807) is 17.7 Å². The zero-order valence-corrected chi connectivity index (χ0v) is 25.8. The van der Waals surface area contributed by atoms with Gasteiger partial charge >= 0.3 is 6.03 Å². The van der Waals surface area contributed by atoms with Crippen molar-refractivity contribution in [2.24, 2.45) is 7.05 Å². The Morgan fingerprint density at radius 2 is 1.43 bits per heavy atom. The van der Waals surface area contributed by atoms with E-state index < -0.39 is 35.3 Å². The molecule has 2 aliphatic heterocycles. The number of hydrogen-bond acceptors (Lipinski definition) is 7. The lowest BCUT2D eigenvalue weighted by Gasteiger charge is -2.26. The molecule has 2 bridgehead atoms. The van der Waals surface area contributed by atoms with Crippen LogP contribution >= 0.6 is 7.26 Å². The van der Waals surface area contributed by atoms with Crippen LogP contribution < -0.4 is 21.5 Å². The second-order valence-corrected chi connectivity index (χ2v) is 14.4. The first kappa shape index (κ1) is 31.0. The van der Waals surface area contributed by atoms with Crippen molar-refractivity contribution in [2.75, 3.05) is 13.1 Å². The van der Waals surface area contributed by atoms with Gasteiger partial charge in [-0.25, -0.2) is 13.2 Å². The lowest BCUT2D eigenvalue weighted by molar-refractivity contribution is -0.0172. The van der Waals surface area contributed by atoms with Crippen molar-refractivity contribution >= 4 is 45.2 Å². The fourth-order valence-electron chi connectivity index (χ4n) is 5.48. The minimum atomic E-state index is -5.08. The number of allylic oxidation sites excluding steroid dienone is 1. The van der Waals surface area contributed by atoms with E-state index in [9.17, 15) is 22.6 Å². The van der Waals surface area contributed by atoms with Gasteiger partial charge in [0.05, 0.1) is 24.4 Å². The average molecular weight is 631 g/mol. The molecular formula is C32H31N4O6PS. The first-order chi connectivity index (χ1) is 21.1. The lowest BCUT2D eigenvalue weighted by Crippen LogP contribution is -2.37. The molecule has 1 saturated heterocycles. The van der Waals surface area contributed by atoms with Crippen LogP contribution in [0.5, 0.6) is 0 Å². The lowest BCUT2D eigenvalue weighted by atomic mass is 10.0. The molecule has 1 fully saturated rings. The van der Waals surface area contributed by atoms with Gasteiger partial charge in [0.15, 0.2) is 0 Å². The smallest absolute Gasteiger partial charge is 0.346 e. The molecule has 2 aliphatic rings. The molecule has 4 aromatic rings. The molecule has 3 heterocycles. The Bertz CT molecular complexity index is 1750. The number of aryl methyl sites for hydroxylation is 1. The number of aromatic nitrogens is 2. The summed E-state index contributed by atoms with van der Waals surface area (Å²) in [5.41, 5.74) is 0.522. The fourth-order valence-corrected chi connectivity index (χ4v) is 9.63. The van der Waals surface area contributed by atoms with E-state index >= 15 is 0 Å². The molecular weight excluding hydrogens is 599 g/mol. The van der Waals surface area contributed by atoms with E-state index in [-0.39, 0.29) is 13.1 Å². The predicted molar refractivity (Wildman–Crippen MR) is 171 cm³/mol. The van der Waals surface area contributed by atoms with Gasteiger partial charge in [-0.05, 0) is 43.3 Å². The number of hydrogen-bond donors (Lipinski definition) is 0. The minimum Gasteiger partial charge on any atom is -0.724 e. The second kappa shape index (κ2) is 13.1. The topological polar surface area (TPSA) is 125 Å². The highest BCUT2D eigenvalue weighted by atomic mass is 32.3. The summed E-state index contributed by atoms with van der Waals surface area (Å²) in [6, 6.07) is 32.4. The summed E-state index contributed by atoms with van der Waals surface area (Å²) in [5, 5.41) is 4.72. The Kier molecular flexibility index (Phi) is 9.22. The van der Waals surface area contributed by atoms with Crippen LogP contribution in [0.4, 0.5) is 4.79 Å². The number of rotatable bonds is 7. The van der Waals surface area contributed by atoms with Crippen LogP contribution in [0.2, 0.25) is 0 Å². The summed E-state index contributed by atoms with van der Waals surface area (Å²) in [6.45, 7) is 2.50. The third kappa shape index (κ3) is 6.41. The molecule has 0 saturated carbocycles. The van der Waals surface area contributed by atoms with Crippen molar-refractivity contribution in [3.8, 4) is 0 Å². The molecule has 1 unspecified atom stereocenters. The van der Waals surface area contributed by atoms with Crippen molar-refractivity contribution in [1.82, 2.24) is 19.5 Å². The third-order valence-electron chi connectivity index (χ3n) is 7.35. The highest BCUT2D eigenvalue weighted by Gasteiger charge is 2.45. The summed E-state index contributed by atoms with van der Waals surface area (Å²) in [7, 11) is -5.16. The number of amides is 2. The molecule has 1 aromatic heterocycles. The summed E-state index contributed by atoms with van der Waals surface area (Å²) >= 11 is 0. The zero-order valence-electron chi connectivity index (χ0n) is 24.1. The number of fused-ring (bicyclic) bond motifs is 2. The molecule has 226 valence electrons. The molecule has 10 nitrogen and oxygen atoms in total. The van der Waals surface area contributed by atoms with Crippen LogP contribution in [0.3, 0.4) is 0 Å². The van der Waals surface area contributed by atoms with Gasteiger partial charge in [-0.1, -0.05) is 66.7 Å². The van der Waals surface area contributed by atoms with Crippen molar-refractivity contribution in [3.05, 3.63) is 137 Å². The summed E-state index contributed by atoms with van der Waals surface area (Å²) in [5.74, 6) is 2.41. The Morgan fingerprint density at radius 3 is 1.91 bits per heavy atom. The Balaban J connectivity index is 0.000000175. The van der Waals surface area contributed by atoms with E-state index in [2.05, 4.69) is 119 Å². The molecule has 2 amide bonds. The van der Waals surface area contributed by atoms with E-state index in [4.69, 9.17) is 0 Å². The van der Waals surface area contributed by atoms with E-state index in [1.165, 1.54) is 33.2 Å². The minimum absolute atomic E-state index is 0.163. The Labute approximate surface area is 256 Å². The van der Waals surface area contributed by atoms with Crippen molar-refractivity contribution in [1.29, 1.82) is 0 Å². The van der Waals surface area contributed by atoms with Crippen LogP contribution in [-0.4, -0.2) is 57.6 Å². The number of carbonyl (C=O) groups is 1. The van der Waals surface area contributed by atoms with Gasteiger partial charge in [0, 0.05) is 25.2 Å². The summed E-state index contributed by atoms with van der Waals surface area (Å²) < 4.78 is 38.3. The second-order valence-electron chi connectivity index (χ2n) is 10.1. The first-order valence-electron chi connectivity index (χ1n) is 13.8. The van der Waals surface area contributed by atoms with Crippen LogP contribution in [0.15, 0.2) is 126 Å². The van der Waals surface area contributed by atoms with Crippen LogP contribution in [0, 0.1) is 0 Å². The van der Waals surface area contributed by atoms with Gasteiger partial charge in [-0.3, -0.25) is 4.79 Å². The van der Waals surface area contributed by atoms with Crippen molar-refractivity contribution in [2.45, 2.75) is 13.0 Å². The molecule has 12 heteroatoms. The quantitative estimate of drug-likeness (QED) is 0.175. The standard InChI is InChI=1S/C21H20P.C11H12N4O6S/c1-2-18-22(19-12-6-3-7-13-19,20-14-8-4-9-15-20)21-16-10-5-11-17-21;1-13-6-12-10(16)4-8(13)7-2-3-14-5-9(7)15(11(14)17)21-22(18,19)20/h2-18H,1H3;2,4,6,9H,3,5H2,1H3,(H,18,19,20)/q+1;/p-1. The van der Waals surface area contributed by atoms with Gasteiger partial charge in [0.1, 0.15) is 29.2 Å². The van der Waals surface area contributed by atoms with Crippen LogP contribution in [-0.2, 0) is 21.7 Å². The third-order valence-corrected chi connectivity index (χ3v) is 11.8. The molecule has 44 heavy (non-hydrogen) atoms. The number of urea groups is 1. The van der Waals surface area contributed by atoms with Gasteiger partial charge in [-0.2, -0.15) is 14.3 Å². The average Bonchev–Trinajstić information content (AvgIpc) is 3.26. The first-order valence-corrected chi connectivity index (χ1v) is 17.0. The maximum atomic E-state index is 12.0. The fraction of sp³-hybridized carbons (Fsp3) is 0.156. The Hall–Kier alpha value is -4.41. The van der Waals surface area contributed by atoms with Crippen molar-refractivity contribution < 1.29 is 22.0 Å². The van der Waals surface area contributed by atoms with Gasteiger partial charge < -0.3 is 14.0 Å². The number of carbonyl (C=O) groups excluding carboxylic acids is 1. The maximum absolute atomic E-state index is 12.0. The SMILES string of the molecule is CC=C[P+](c1ccccc1)(c1ccccc1)c1ccccc1.Cn1cnc(=O)cc1C1=CCN2CC1N(OS(=O)(=O)[O-])C2=O. The number of nitrogens with zero attached hydrogens (tertiary/aromatic N) is 4. The van der Waals surface area contributed by atoms with E-state index in [0.717, 1.165) is 0 Å². The predicted octanol–water partition coefficient (Wildman–Crippen LogP) is 3.19. The maximum Gasteiger partial charge on any atom is 0.346 e.